The predicted molar refractivity (Wildman–Crippen MR) is 155 cm³/mol. The fourth-order valence-electron chi connectivity index (χ4n) is 4.91. The number of nitrogens with two attached hydrogens (primary N) is 1. The first-order chi connectivity index (χ1) is 18.2. The topological polar surface area (TPSA) is 96.2 Å². The van der Waals surface area contributed by atoms with Gasteiger partial charge in [-0.05, 0) is 75.4 Å². The Bertz CT molecular complexity index is 1210. The van der Waals surface area contributed by atoms with Crippen LogP contribution in [0.25, 0.3) is 0 Å². The maximum absolute atomic E-state index is 12.5. The van der Waals surface area contributed by atoms with Crippen LogP contribution < -0.4 is 16.4 Å². The van der Waals surface area contributed by atoms with Gasteiger partial charge in [-0.15, -0.1) is 0 Å². The summed E-state index contributed by atoms with van der Waals surface area (Å²) in [5.41, 5.74) is 12.6. The molecule has 1 aliphatic heterocycles. The van der Waals surface area contributed by atoms with Gasteiger partial charge in [-0.3, -0.25) is 9.69 Å². The monoisotopic (exact) mass is 514 g/mol. The molecule has 1 aliphatic rings. The van der Waals surface area contributed by atoms with Gasteiger partial charge in [0.1, 0.15) is 5.82 Å². The molecule has 202 valence electrons. The smallest absolute Gasteiger partial charge is 0.251 e. The molecule has 0 spiro atoms. The second kappa shape index (κ2) is 12.4. The Balaban J connectivity index is 1.48. The number of anilines is 2. The molecule has 1 amide bonds. The Labute approximate surface area is 227 Å². The zero-order valence-corrected chi connectivity index (χ0v) is 23.3. The van der Waals surface area contributed by atoms with Crippen LogP contribution in [-0.4, -0.2) is 39.4 Å². The van der Waals surface area contributed by atoms with Gasteiger partial charge in [0, 0.05) is 42.7 Å². The molecule has 0 radical (unpaired) electrons. The zero-order chi connectivity index (χ0) is 27.1. The van der Waals surface area contributed by atoms with E-state index in [9.17, 15) is 4.79 Å². The van der Waals surface area contributed by atoms with Gasteiger partial charge in [0.05, 0.1) is 5.69 Å². The Morgan fingerprint density at radius 2 is 1.68 bits per heavy atom. The molecule has 4 N–H and O–H groups in total. The van der Waals surface area contributed by atoms with E-state index in [1.54, 1.807) is 0 Å². The van der Waals surface area contributed by atoms with Crippen molar-refractivity contribution >= 4 is 17.7 Å². The molecule has 0 saturated heterocycles. The highest BCUT2D eigenvalue weighted by molar-refractivity contribution is 5.94. The molecular weight excluding hydrogens is 472 g/mol. The molecule has 2 heterocycles. The van der Waals surface area contributed by atoms with Crippen molar-refractivity contribution in [1.82, 2.24) is 20.2 Å². The van der Waals surface area contributed by atoms with E-state index in [2.05, 4.69) is 56.7 Å². The summed E-state index contributed by atoms with van der Waals surface area (Å²) in [6.45, 7) is 12.0. The minimum atomic E-state index is -0.276. The highest BCUT2D eigenvalue weighted by atomic mass is 16.1. The predicted octanol–water partition coefficient (Wildman–Crippen LogP) is 5.34. The zero-order valence-electron chi connectivity index (χ0n) is 23.3. The molecule has 1 aromatic heterocycles. The van der Waals surface area contributed by atoms with E-state index >= 15 is 0 Å². The molecule has 0 aliphatic carbocycles. The van der Waals surface area contributed by atoms with Crippen molar-refractivity contribution < 1.29 is 4.79 Å². The molecule has 7 heteroatoms. The number of amides is 1. The lowest BCUT2D eigenvalue weighted by atomic mass is 10.0. The van der Waals surface area contributed by atoms with E-state index in [-0.39, 0.29) is 11.4 Å². The molecule has 0 atom stereocenters. The normalized spacial score (nSPS) is 13.4. The minimum Gasteiger partial charge on any atom is -0.370 e. The van der Waals surface area contributed by atoms with Gasteiger partial charge in [0.15, 0.2) is 0 Å². The minimum absolute atomic E-state index is 0.0671. The number of carbonyl (C=O) groups excluding carboxylic acids is 1. The van der Waals surface area contributed by atoms with Crippen LogP contribution in [0.1, 0.15) is 85.3 Å². The third-order valence-electron chi connectivity index (χ3n) is 6.82. The highest BCUT2D eigenvalue weighted by Gasteiger charge is 2.20. The molecule has 0 saturated carbocycles. The Morgan fingerprint density at radius 1 is 1.00 bits per heavy atom. The number of unbranched alkanes of at least 4 members (excludes halogenated alkanes) is 1. The summed E-state index contributed by atoms with van der Waals surface area (Å²) < 4.78 is 0. The number of nitrogens with zero attached hydrogens (tertiary/aromatic N) is 3. The van der Waals surface area contributed by atoms with Gasteiger partial charge in [0.25, 0.3) is 5.91 Å². The van der Waals surface area contributed by atoms with Crippen molar-refractivity contribution in [3.63, 3.8) is 0 Å². The van der Waals surface area contributed by atoms with Crippen LogP contribution in [0.5, 0.6) is 0 Å². The number of benzene rings is 2. The Morgan fingerprint density at radius 3 is 2.32 bits per heavy atom. The standard InChI is InChI=1S/C31H42N6O/c1-5-6-17-33-28-26(12-9-18-37-20-24-10-7-8-11-25(24)21-37)27(34-30(32)35-28)19-22-13-15-23(16-14-22)29(38)36-31(2,3)4/h7-8,10-11,13-16H,5-6,9,12,17-21H2,1-4H3,(H,36,38)(H3,32,33,34,35). The summed E-state index contributed by atoms with van der Waals surface area (Å²) in [6, 6.07) is 16.5. The van der Waals surface area contributed by atoms with Gasteiger partial charge < -0.3 is 16.4 Å². The van der Waals surface area contributed by atoms with E-state index < -0.39 is 0 Å². The summed E-state index contributed by atoms with van der Waals surface area (Å²) in [5, 5.41) is 6.54. The number of nitrogens with one attached hydrogen (secondary N) is 2. The Kier molecular flexibility index (Phi) is 9.00. The summed E-state index contributed by atoms with van der Waals surface area (Å²) in [7, 11) is 0. The fourth-order valence-corrected chi connectivity index (χ4v) is 4.91. The molecule has 0 fully saturated rings. The van der Waals surface area contributed by atoms with Crippen LogP contribution in [0.15, 0.2) is 48.5 Å². The molecule has 3 aromatic rings. The number of rotatable bonds is 11. The summed E-state index contributed by atoms with van der Waals surface area (Å²) in [6.07, 6.45) is 4.72. The number of hydrogen-bond acceptors (Lipinski definition) is 6. The van der Waals surface area contributed by atoms with Gasteiger partial charge in [0.2, 0.25) is 5.95 Å². The number of nitrogen functional groups attached to an aromatic ring is 1. The first kappa shape index (κ1) is 27.6. The Hall–Kier alpha value is -3.45. The van der Waals surface area contributed by atoms with Crippen LogP contribution in [0.4, 0.5) is 11.8 Å². The van der Waals surface area contributed by atoms with Crippen LogP contribution in [-0.2, 0) is 25.9 Å². The number of carbonyl (C=O) groups is 1. The van der Waals surface area contributed by atoms with Crippen LogP contribution >= 0.6 is 0 Å². The van der Waals surface area contributed by atoms with Crippen LogP contribution in [0.2, 0.25) is 0 Å². The van der Waals surface area contributed by atoms with Crippen molar-refractivity contribution in [1.29, 1.82) is 0 Å². The summed E-state index contributed by atoms with van der Waals surface area (Å²) in [4.78, 5) is 24.3. The second-order valence-electron chi connectivity index (χ2n) is 11.3. The van der Waals surface area contributed by atoms with Crippen molar-refractivity contribution in [2.75, 3.05) is 24.1 Å². The first-order valence-corrected chi connectivity index (χ1v) is 13.8. The third kappa shape index (κ3) is 7.54. The quantitative estimate of drug-likeness (QED) is 0.299. The number of hydrogen-bond donors (Lipinski definition) is 3. The SMILES string of the molecule is CCCCNc1nc(N)nc(Cc2ccc(C(=O)NC(C)(C)C)cc2)c1CCCN1Cc2ccccc2C1. The highest BCUT2D eigenvalue weighted by Crippen LogP contribution is 2.25. The first-order valence-electron chi connectivity index (χ1n) is 13.8. The van der Waals surface area contributed by atoms with E-state index in [1.807, 2.05) is 45.0 Å². The molecule has 0 bridgehead atoms. The van der Waals surface area contributed by atoms with Crippen molar-refractivity contribution in [2.45, 2.75) is 78.4 Å². The molecular formula is C31H42N6O. The maximum Gasteiger partial charge on any atom is 0.251 e. The van der Waals surface area contributed by atoms with Crippen molar-refractivity contribution in [3.8, 4) is 0 Å². The molecule has 4 rings (SSSR count). The largest absolute Gasteiger partial charge is 0.370 e. The molecule has 7 nitrogen and oxygen atoms in total. The van der Waals surface area contributed by atoms with Crippen LogP contribution in [0.3, 0.4) is 0 Å². The van der Waals surface area contributed by atoms with E-state index in [0.717, 1.165) is 74.5 Å². The van der Waals surface area contributed by atoms with E-state index in [4.69, 9.17) is 5.73 Å². The summed E-state index contributed by atoms with van der Waals surface area (Å²) >= 11 is 0. The fraction of sp³-hybridized carbons (Fsp3) is 0.452. The maximum atomic E-state index is 12.5. The number of aromatic nitrogens is 2. The number of fused-ring (bicyclic) bond motifs is 1. The molecule has 38 heavy (non-hydrogen) atoms. The van der Waals surface area contributed by atoms with Crippen molar-refractivity contribution in [2.24, 2.45) is 0 Å². The second-order valence-corrected chi connectivity index (χ2v) is 11.3. The lowest BCUT2D eigenvalue weighted by Gasteiger charge is -2.20. The van der Waals surface area contributed by atoms with Gasteiger partial charge in [-0.2, -0.15) is 4.98 Å². The lowest BCUT2D eigenvalue weighted by molar-refractivity contribution is 0.0919. The average molecular weight is 515 g/mol. The van der Waals surface area contributed by atoms with Gasteiger partial charge >= 0.3 is 0 Å². The third-order valence-corrected chi connectivity index (χ3v) is 6.82. The van der Waals surface area contributed by atoms with Crippen LogP contribution in [0, 0.1) is 0 Å². The summed E-state index contributed by atoms with van der Waals surface area (Å²) in [5.74, 6) is 1.08. The lowest BCUT2D eigenvalue weighted by Crippen LogP contribution is -2.40. The average Bonchev–Trinajstić information content (AvgIpc) is 3.28. The molecule has 0 unspecified atom stereocenters. The van der Waals surface area contributed by atoms with E-state index in [1.165, 1.54) is 11.1 Å². The molecule has 2 aromatic carbocycles. The van der Waals surface area contributed by atoms with E-state index in [0.29, 0.717) is 17.9 Å². The van der Waals surface area contributed by atoms with Gasteiger partial charge in [-0.25, -0.2) is 4.98 Å². The van der Waals surface area contributed by atoms with Gasteiger partial charge in [-0.1, -0.05) is 49.7 Å². The van der Waals surface area contributed by atoms with Crippen molar-refractivity contribution in [3.05, 3.63) is 82.0 Å².